The molecule has 0 heterocycles. The molecule has 1 aromatic rings. The normalized spacial score (nSPS) is 10.1. The van der Waals surface area contributed by atoms with Gasteiger partial charge in [0.05, 0.1) is 18.6 Å². The Labute approximate surface area is 113 Å². The Morgan fingerprint density at radius 3 is 2.63 bits per heavy atom. The topological polar surface area (TPSA) is 72.6 Å². The van der Waals surface area contributed by atoms with E-state index in [4.69, 9.17) is 10.5 Å². The van der Waals surface area contributed by atoms with Gasteiger partial charge in [-0.2, -0.15) is 0 Å². The van der Waals surface area contributed by atoms with Crippen LogP contribution in [0.4, 0.5) is 5.69 Å². The van der Waals surface area contributed by atoms with Gasteiger partial charge in [-0.15, -0.1) is 0 Å². The summed E-state index contributed by atoms with van der Waals surface area (Å²) in [5, 5.41) is 0. The van der Waals surface area contributed by atoms with Crippen molar-refractivity contribution >= 4 is 17.6 Å². The van der Waals surface area contributed by atoms with Crippen LogP contribution in [0.1, 0.15) is 29.3 Å². The summed E-state index contributed by atoms with van der Waals surface area (Å²) in [6.07, 6.45) is 0.182. The van der Waals surface area contributed by atoms with Gasteiger partial charge in [-0.1, -0.05) is 12.1 Å². The van der Waals surface area contributed by atoms with Gasteiger partial charge >= 0.3 is 5.97 Å². The molecule has 0 unspecified atom stereocenters. The molecule has 5 heteroatoms. The van der Waals surface area contributed by atoms with Crippen LogP contribution >= 0.6 is 0 Å². The lowest BCUT2D eigenvalue weighted by molar-refractivity contribution is -0.143. The minimum atomic E-state index is -0.306. The van der Waals surface area contributed by atoms with Crippen LogP contribution in [0.15, 0.2) is 18.2 Å². The van der Waals surface area contributed by atoms with Crippen molar-refractivity contribution in [3.63, 3.8) is 0 Å². The van der Waals surface area contributed by atoms with Crippen molar-refractivity contribution in [2.45, 2.75) is 20.3 Å². The minimum absolute atomic E-state index is 0.181. The summed E-state index contributed by atoms with van der Waals surface area (Å²) >= 11 is 0. The Morgan fingerprint density at radius 1 is 1.37 bits per heavy atom. The Hall–Kier alpha value is -2.04. The van der Waals surface area contributed by atoms with Crippen LogP contribution in [0.3, 0.4) is 0 Å². The van der Waals surface area contributed by atoms with Crippen molar-refractivity contribution in [3.8, 4) is 0 Å². The zero-order valence-corrected chi connectivity index (χ0v) is 11.6. The molecule has 104 valence electrons. The number of hydrogen-bond acceptors (Lipinski definition) is 4. The molecule has 2 N–H and O–H groups in total. The standard InChI is InChI=1S/C14H20N2O3/c1-4-19-12(17)8-9-16(3)14(18)13-10(2)6-5-7-11(13)15/h5-7H,4,8-9,15H2,1-3H3. The molecular weight excluding hydrogens is 244 g/mol. The molecule has 1 aromatic carbocycles. The van der Waals surface area contributed by atoms with Gasteiger partial charge in [-0.25, -0.2) is 0 Å². The quantitative estimate of drug-likeness (QED) is 0.647. The number of nitrogens with zero attached hydrogens (tertiary/aromatic N) is 1. The van der Waals surface area contributed by atoms with E-state index in [0.717, 1.165) is 5.56 Å². The van der Waals surface area contributed by atoms with E-state index in [1.165, 1.54) is 4.90 Å². The Morgan fingerprint density at radius 2 is 2.05 bits per heavy atom. The van der Waals surface area contributed by atoms with Crippen molar-refractivity contribution in [1.29, 1.82) is 0 Å². The molecule has 1 amide bonds. The second kappa shape index (κ2) is 6.78. The Balaban J connectivity index is 2.70. The molecule has 5 nitrogen and oxygen atoms in total. The van der Waals surface area contributed by atoms with Crippen LogP contribution < -0.4 is 5.73 Å². The van der Waals surface area contributed by atoms with Gasteiger partial charge < -0.3 is 15.4 Å². The molecule has 0 fully saturated rings. The molecule has 0 bridgehead atoms. The molecular formula is C14H20N2O3. The maximum Gasteiger partial charge on any atom is 0.307 e. The van der Waals surface area contributed by atoms with E-state index < -0.39 is 0 Å². The van der Waals surface area contributed by atoms with Gasteiger partial charge in [0.2, 0.25) is 0 Å². The van der Waals surface area contributed by atoms with E-state index in [9.17, 15) is 9.59 Å². The number of esters is 1. The highest BCUT2D eigenvalue weighted by Gasteiger charge is 2.17. The van der Waals surface area contributed by atoms with E-state index >= 15 is 0 Å². The van der Waals surface area contributed by atoms with E-state index in [-0.39, 0.29) is 18.3 Å². The summed E-state index contributed by atoms with van der Waals surface area (Å²) in [5.74, 6) is -0.486. The van der Waals surface area contributed by atoms with Gasteiger partial charge in [-0.3, -0.25) is 9.59 Å². The van der Waals surface area contributed by atoms with Crippen LogP contribution in [0.2, 0.25) is 0 Å². The summed E-state index contributed by atoms with van der Waals surface area (Å²) < 4.78 is 4.82. The molecule has 1 rings (SSSR count). The summed E-state index contributed by atoms with van der Waals surface area (Å²) in [6, 6.07) is 5.34. The lowest BCUT2D eigenvalue weighted by atomic mass is 10.1. The predicted molar refractivity (Wildman–Crippen MR) is 73.8 cm³/mol. The van der Waals surface area contributed by atoms with Crippen LogP contribution in [-0.2, 0) is 9.53 Å². The average molecular weight is 264 g/mol. The number of aryl methyl sites for hydroxylation is 1. The summed E-state index contributed by atoms with van der Waals surface area (Å²) in [5.41, 5.74) is 7.60. The van der Waals surface area contributed by atoms with Crippen molar-refractivity contribution in [3.05, 3.63) is 29.3 Å². The molecule has 0 saturated carbocycles. The molecule has 0 atom stereocenters. The lowest BCUT2D eigenvalue weighted by Crippen LogP contribution is -2.30. The average Bonchev–Trinajstić information content (AvgIpc) is 2.36. The molecule has 0 saturated heterocycles. The number of ether oxygens (including phenoxy) is 1. The van der Waals surface area contributed by atoms with Crippen LogP contribution in [0, 0.1) is 6.92 Å². The number of carbonyl (C=O) groups is 2. The Kier molecular flexibility index (Phi) is 5.36. The molecule has 0 aromatic heterocycles. The molecule has 0 spiro atoms. The Bertz CT molecular complexity index is 452. The molecule has 0 radical (unpaired) electrons. The van der Waals surface area contributed by atoms with Crippen LogP contribution in [-0.4, -0.2) is 37.0 Å². The zero-order chi connectivity index (χ0) is 14.4. The fourth-order valence-electron chi connectivity index (χ4n) is 1.77. The maximum absolute atomic E-state index is 12.3. The van der Waals surface area contributed by atoms with Crippen molar-refractivity contribution in [2.24, 2.45) is 0 Å². The van der Waals surface area contributed by atoms with Crippen LogP contribution in [0.25, 0.3) is 0 Å². The summed E-state index contributed by atoms with van der Waals surface area (Å²) in [7, 11) is 1.65. The summed E-state index contributed by atoms with van der Waals surface area (Å²) in [6.45, 7) is 4.25. The van der Waals surface area contributed by atoms with Gasteiger partial charge in [0, 0.05) is 19.3 Å². The molecule has 19 heavy (non-hydrogen) atoms. The third-order valence-corrected chi connectivity index (χ3v) is 2.82. The monoisotopic (exact) mass is 264 g/mol. The second-order valence-corrected chi connectivity index (χ2v) is 4.32. The van der Waals surface area contributed by atoms with Gasteiger partial charge in [-0.05, 0) is 25.5 Å². The SMILES string of the molecule is CCOC(=O)CCN(C)C(=O)c1c(C)cccc1N. The second-order valence-electron chi connectivity index (χ2n) is 4.32. The number of benzene rings is 1. The van der Waals surface area contributed by atoms with Gasteiger partial charge in [0.25, 0.3) is 5.91 Å². The molecule has 0 aliphatic rings. The number of nitrogens with two attached hydrogens (primary N) is 1. The summed E-state index contributed by atoms with van der Waals surface area (Å²) in [4.78, 5) is 25.0. The van der Waals surface area contributed by atoms with Crippen molar-refractivity contribution in [2.75, 3.05) is 25.9 Å². The fourth-order valence-corrected chi connectivity index (χ4v) is 1.77. The third-order valence-electron chi connectivity index (χ3n) is 2.82. The first kappa shape index (κ1) is 15.0. The first-order chi connectivity index (χ1) is 8.97. The molecule has 0 aliphatic carbocycles. The number of rotatable bonds is 5. The minimum Gasteiger partial charge on any atom is -0.466 e. The van der Waals surface area contributed by atoms with Crippen molar-refractivity contribution in [1.82, 2.24) is 4.90 Å². The number of carbonyl (C=O) groups excluding carboxylic acids is 2. The van der Waals surface area contributed by atoms with E-state index in [1.807, 2.05) is 13.0 Å². The third kappa shape index (κ3) is 3.98. The first-order valence-electron chi connectivity index (χ1n) is 6.23. The number of nitrogen functional groups attached to an aromatic ring is 1. The number of hydrogen-bond donors (Lipinski definition) is 1. The van der Waals surface area contributed by atoms with Crippen molar-refractivity contribution < 1.29 is 14.3 Å². The largest absolute Gasteiger partial charge is 0.466 e. The smallest absolute Gasteiger partial charge is 0.307 e. The van der Waals surface area contributed by atoms with E-state index in [1.54, 1.807) is 26.1 Å². The van der Waals surface area contributed by atoms with Gasteiger partial charge in [0.1, 0.15) is 0 Å². The van der Waals surface area contributed by atoms with E-state index in [2.05, 4.69) is 0 Å². The molecule has 0 aliphatic heterocycles. The van der Waals surface area contributed by atoms with E-state index in [0.29, 0.717) is 24.4 Å². The van der Waals surface area contributed by atoms with Gasteiger partial charge in [0.15, 0.2) is 0 Å². The zero-order valence-electron chi connectivity index (χ0n) is 11.6. The lowest BCUT2D eigenvalue weighted by Gasteiger charge is -2.19. The first-order valence-corrected chi connectivity index (χ1v) is 6.23. The number of amides is 1. The fraction of sp³-hybridized carbons (Fsp3) is 0.429. The highest BCUT2D eigenvalue weighted by molar-refractivity contribution is 6.00. The maximum atomic E-state index is 12.3. The predicted octanol–water partition coefficient (Wildman–Crippen LogP) is 1.60. The van der Waals surface area contributed by atoms with Crippen LogP contribution in [0.5, 0.6) is 0 Å². The highest BCUT2D eigenvalue weighted by Crippen LogP contribution is 2.18. The number of anilines is 1. The highest BCUT2D eigenvalue weighted by atomic mass is 16.5.